The first-order valence-electron chi connectivity index (χ1n) is 9.56. The van der Waals surface area contributed by atoms with E-state index in [0.717, 1.165) is 15.8 Å². The van der Waals surface area contributed by atoms with E-state index in [1.54, 1.807) is 18.2 Å². The van der Waals surface area contributed by atoms with E-state index in [-0.39, 0.29) is 17.8 Å². The molecule has 1 aromatic heterocycles. The highest BCUT2D eigenvalue weighted by Gasteiger charge is 2.19. The fourth-order valence-corrected chi connectivity index (χ4v) is 3.94. The highest BCUT2D eigenvalue weighted by molar-refractivity contribution is 9.10. The summed E-state index contributed by atoms with van der Waals surface area (Å²) in [6, 6.07) is 15.0. The van der Waals surface area contributed by atoms with Gasteiger partial charge in [0.1, 0.15) is 5.75 Å². The summed E-state index contributed by atoms with van der Waals surface area (Å²) < 4.78 is 8.89. The number of aromatic nitrogens is 3. The third-order valence-electron chi connectivity index (χ3n) is 4.28. The van der Waals surface area contributed by atoms with Crippen molar-refractivity contribution in [2.45, 2.75) is 31.3 Å². The molecule has 3 rings (SSSR count). The van der Waals surface area contributed by atoms with E-state index >= 15 is 0 Å². The number of carbonyl (C=O) groups excluding carboxylic acids is 1. The van der Waals surface area contributed by atoms with Crippen LogP contribution in [0.1, 0.15) is 24.4 Å². The zero-order valence-electron chi connectivity index (χ0n) is 16.9. The highest BCUT2D eigenvalue weighted by atomic mass is 79.9. The number of allylic oxidation sites excluding steroid dienone is 1. The van der Waals surface area contributed by atoms with Crippen LogP contribution in [0.5, 0.6) is 5.75 Å². The Kier molecular flexibility index (Phi) is 8.57. The number of thioether (sulfide) groups is 1. The second-order valence-electron chi connectivity index (χ2n) is 6.65. The Morgan fingerprint density at radius 2 is 1.97 bits per heavy atom. The van der Waals surface area contributed by atoms with Crippen LogP contribution in [-0.4, -0.2) is 26.4 Å². The molecule has 0 radical (unpaired) electrons. The third-order valence-corrected chi connectivity index (χ3v) is 6.03. The number of nitrogens with zero attached hydrogens (tertiary/aromatic N) is 3. The van der Waals surface area contributed by atoms with Gasteiger partial charge in [-0.15, -0.1) is 16.8 Å². The predicted octanol–water partition coefficient (Wildman–Crippen LogP) is 5.43. The first kappa shape index (κ1) is 23.4. The summed E-state index contributed by atoms with van der Waals surface area (Å²) in [6.45, 7) is 6.69. The van der Waals surface area contributed by atoms with E-state index in [1.165, 1.54) is 11.8 Å². The van der Waals surface area contributed by atoms with Crippen molar-refractivity contribution >= 4 is 45.2 Å². The Labute approximate surface area is 199 Å². The van der Waals surface area contributed by atoms with Crippen molar-refractivity contribution in [3.05, 3.63) is 82.1 Å². The lowest BCUT2D eigenvalue weighted by molar-refractivity contribution is -0.118. The summed E-state index contributed by atoms with van der Waals surface area (Å²) in [7, 11) is 0. The minimum absolute atomic E-state index is 0.0891. The van der Waals surface area contributed by atoms with Crippen LogP contribution in [0.25, 0.3) is 0 Å². The van der Waals surface area contributed by atoms with Gasteiger partial charge in [0, 0.05) is 22.6 Å². The van der Waals surface area contributed by atoms with Gasteiger partial charge in [-0.05, 0) is 48.9 Å². The van der Waals surface area contributed by atoms with Gasteiger partial charge in [-0.25, -0.2) is 0 Å². The summed E-state index contributed by atoms with van der Waals surface area (Å²) in [5.41, 5.74) is 0.985. The Bertz CT molecular complexity index is 1020. The second kappa shape index (κ2) is 11.4. The summed E-state index contributed by atoms with van der Waals surface area (Å²) in [5, 5.41) is 12.8. The molecule has 0 saturated carbocycles. The molecule has 0 saturated heterocycles. The lowest BCUT2D eigenvalue weighted by Gasteiger charge is -2.15. The molecule has 31 heavy (non-hydrogen) atoms. The zero-order chi connectivity index (χ0) is 22.2. The molecular formula is C22H22BrClN4O2S. The summed E-state index contributed by atoms with van der Waals surface area (Å²) in [6.07, 6.45) is 1.45. The minimum atomic E-state index is -0.318. The van der Waals surface area contributed by atoms with Gasteiger partial charge >= 0.3 is 0 Å². The van der Waals surface area contributed by atoms with E-state index in [2.05, 4.69) is 38.0 Å². The molecule has 162 valence electrons. The molecule has 1 heterocycles. The van der Waals surface area contributed by atoms with Crippen LogP contribution in [0, 0.1) is 0 Å². The van der Waals surface area contributed by atoms with Crippen LogP contribution < -0.4 is 10.1 Å². The maximum Gasteiger partial charge on any atom is 0.230 e. The van der Waals surface area contributed by atoms with Crippen molar-refractivity contribution in [1.82, 2.24) is 20.1 Å². The quantitative estimate of drug-likeness (QED) is 0.285. The number of amides is 1. The van der Waals surface area contributed by atoms with Crippen molar-refractivity contribution in [3.8, 4) is 5.75 Å². The van der Waals surface area contributed by atoms with Crippen LogP contribution in [0.4, 0.5) is 0 Å². The van der Waals surface area contributed by atoms with Crippen LogP contribution in [0.3, 0.4) is 0 Å². The van der Waals surface area contributed by atoms with Crippen LogP contribution in [0.15, 0.2) is 70.8 Å². The van der Waals surface area contributed by atoms with Crippen molar-refractivity contribution in [1.29, 1.82) is 0 Å². The molecule has 1 N–H and O–H groups in total. The molecule has 0 aliphatic rings. The molecule has 3 aromatic rings. The largest absolute Gasteiger partial charge is 0.483 e. The third kappa shape index (κ3) is 6.85. The van der Waals surface area contributed by atoms with Gasteiger partial charge in [-0.3, -0.25) is 9.36 Å². The molecule has 1 amide bonds. The monoisotopic (exact) mass is 520 g/mol. The number of halogens is 2. The Hall–Kier alpha value is -2.29. The first-order valence-corrected chi connectivity index (χ1v) is 11.7. The molecule has 1 unspecified atom stereocenters. The van der Waals surface area contributed by atoms with E-state index in [4.69, 9.17) is 16.3 Å². The average Bonchev–Trinajstić information content (AvgIpc) is 3.16. The summed E-state index contributed by atoms with van der Waals surface area (Å²) >= 11 is 10.6. The molecule has 0 bridgehead atoms. The fraction of sp³-hybridized carbons (Fsp3) is 0.227. The normalized spacial score (nSPS) is 11.7. The van der Waals surface area contributed by atoms with Crippen molar-refractivity contribution in [2.75, 3.05) is 5.75 Å². The lowest BCUT2D eigenvalue weighted by Crippen LogP contribution is -2.24. The van der Waals surface area contributed by atoms with E-state index in [9.17, 15) is 4.79 Å². The summed E-state index contributed by atoms with van der Waals surface area (Å²) in [4.78, 5) is 12.3. The zero-order valence-corrected chi connectivity index (χ0v) is 20.1. The number of carbonyl (C=O) groups is 1. The van der Waals surface area contributed by atoms with E-state index < -0.39 is 0 Å². The van der Waals surface area contributed by atoms with Crippen molar-refractivity contribution in [2.24, 2.45) is 0 Å². The number of ether oxygens (including phenoxy) is 1. The fourth-order valence-electron chi connectivity index (χ4n) is 2.76. The summed E-state index contributed by atoms with van der Waals surface area (Å²) in [5.74, 6) is 1.55. The van der Waals surface area contributed by atoms with Crippen molar-refractivity contribution in [3.63, 3.8) is 0 Å². The predicted molar refractivity (Wildman–Crippen MR) is 127 cm³/mol. The molecule has 2 aromatic carbocycles. The second-order valence-corrected chi connectivity index (χ2v) is 8.94. The Balaban J connectivity index is 1.59. The van der Waals surface area contributed by atoms with E-state index in [0.29, 0.717) is 29.1 Å². The van der Waals surface area contributed by atoms with Gasteiger partial charge in [0.25, 0.3) is 0 Å². The highest BCUT2D eigenvalue weighted by Crippen LogP contribution is 2.25. The van der Waals surface area contributed by atoms with Crippen LogP contribution in [-0.2, 0) is 17.9 Å². The van der Waals surface area contributed by atoms with Crippen molar-refractivity contribution < 1.29 is 9.53 Å². The molecule has 0 fully saturated rings. The van der Waals surface area contributed by atoms with Gasteiger partial charge in [-0.1, -0.05) is 57.5 Å². The van der Waals surface area contributed by atoms with Crippen LogP contribution >= 0.6 is 39.3 Å². The maximum absolute atomic E-state index is 12.3. The smallest absolute Gasteiger partial charge is 0.230 e. The molecule has 0 spiro atoms. The van der Waals surface area contributed by atoms with Gasteiger partial charge in [0.2, 0.25) is 5.91 Å². The standard InChI is InChI=1S/C22H22BrClN4O2S/c1-3-12-28-21(15(2)30-19-10-6-17(23)7-11-19)26-27-22(28)31-14-20(29)25-13-16-4-8-18(24)9-5-16/h3-11,15H,1,12-14H2,2H3,(H,25,29). The topological polar surface area (TPSA) is 69.0 Å². The van der Waals surface area contributed by atoms with E-state index in [1.807, 2.05) is 47.9 Å². The molecular weight excluding hydrogens is 500 g/mol. The number of hydrogen-bond acceptors (Lipinski definition) is 5. The molecule has 9 heteroatoms. The van der Waals surface area contributed by atoms with Crippen LogP contribution in [0.2, 0.25) is 5.02 Å². The molecule has 0 aliphatic carbocycles. The Morgan fingerprint density at radius 1 is 1.26 bits per heavy atom. The van der Waals surface area contributed by atoms with Gasteiger partial charge in [-0.2, -0.15) is 0 Å². The van der Waals surface area contributed by atoms with Gasteiger partial charge < -0.3 is 10.1 Å². The number of rotatable bonds is 10. The maximum atomic E-state index is 12.3. The number of hydrogen-bond donors (Lipinski definition) is 1. The number of nitrogens with one attached hydrogen (secondary N) is 1. The molecule has 1 atom stereocenters. The van der Waals surface area contributed by atoms with Gasteiger partial charge in [0.15, 0.2) is 17.1 Å². The number of benzene rings is 2. The molecule has 0 aliphatic heterocycles. The van der Waals surface area contributed by atoms with Gasteiger partial charge in [0.05, 0.1) is 5.75 Å². The SMILES string of the molecule is C=CCn1c(SCC(=O)NCc2ccc(Cl)cc2)nnc1C(C)Oc1ccc(Br)cc1. The lowest BCUT2D eigenvalue weighted by atomic mass is 10.2. The molecule has 6 nitrogen and oxygen atoms in total. The first-order chi connectivity index (χ1) is 15.0. The Morgan fingerprint density at radius 3 is 2.65 bits per heavy atom. The average molecular weight is 522 g/mol. The minimum Gasteiger partial charge on any atom is -0.483 e.